The van der Waals surface area contributed by atoms with Crippen molar-refractivity contribution >= 4 is 35.7 Å². The fourth-order valence-corrected chi connectivity index (χ4v) is 5.84. The van der Waals surface area contributed by atoms with Crippen LogP contribution in [0.1, 0.15) is 119 Å². The van der Waals surface area contributed by atoms with Crippen molar-refractivity contribution in [3.8, 4) is 0 Å². The largest absolute Gasteiger partial charge is 0.481 e. The van der Waals surface area contributed by atoms with Crippen LogP contribution < -0.4 is 5.32 Å². The fourth-order valence-electron chi connectivity index (χ4n) is 5.84. The van der Waals surface area contributed by atoms with Crippen LogP contribution in [-0.4, -0.2) is 84.2 Å². The molecule has 3 N–H and O–H groups in total. The smallest absolute Gasteiger partial charge is 0.311 e. The lowest BCUT2D eigenvalue weighted by molar-refractivity contribution is -0.160. The lowest BCUT2D eigenvalue weighted by Crippen LogP contribution is -2.45. The number of nitrogens with one attached hydrogen (secondary N) is 1. The Bertz CT molecular complexity index is 1050. The van der Waals surface area contributed by atoms with Crippen molar-refractivity contribution in [2.45, 2.75) is 119 Å². The molecule has 0 aromatic rings. The third kappa shape index (κ3) is 13.3. The van der Waals surface area contributed by atoms with E-state index in [0.717, 1.165) is 44.9 Å². The Hall–Kier alpha value is -3.18. The Kier molecular flexibility index (Phi) is 16.7. The van der Waals surface area contributed by atoms with E-state index in [1.54, 1.807) is 25.8 Å². The molecule has 46 heavy (non-hydrogen) atoms. The normalized spacial score (nSPS) is 19.2. The van der Waals surface area contributed by atoms with E-state index in [1.807, 2.05) is 27.7 Å². The number of esters is 2. The van der Waals surface area contributed by atoms with Gasteiger partial charge in [0.15, 0.2) is 0 Å². The van der Waals surface area contributed by atoms with Crippen LogP contribution in [0.5, 0.6) is 0 Å². The van der Waals surface area contributed by atoms with Gasteiger partial charge in [0.05, 0.1) is 30.1 Å². The molecule has 2 aliphatic carbocycles. The zero-order valence-electron chi connectivity index (χ0n) is 29.1. The zero-order valence-corrected chi connectivity index (χ0v) is 29.1. The number of nitrogens with zero attached hydrogens (tertiary/aromatic N) is 1. The van der Waals surface area contributed by atoms with Crippen molar-refractivity contribution in [1.82, 2.24) is 10.2 Å². The SMILES string of the molecule is CCC(C)(C)C(=O)N(C)CCNC(=O)C1CCCCC1C(=O)O.CCC(C)(C)C(=O)OCCOC(=O)CC1(CC(=O)O)CCCC1. The van der Waals surface area contributed by atoms with Gasteiger partial charge in [-0.2, -0.15) is 0 Å². The second-order valence-electron chi connectivity index (χ2n) is 14.1. The number of amides is 2. The molecule has 2 atom stereocenters. The summed E-state index contributed by atoms with van der Waals surface area (Å²) in [5.74, 6) is -3.68. The van der Waals surface area contributed by atoms with Crippen molar-refractivity contribution in [2.24, 2.45) is 28.1 Å². The Morgan fingerprint density at radius 1 is 0.804 bits per heavy atom. The maximum absolute atomic E-state index is 12.3. The van der Waals surface area contributed by atoms with E-state index >= 15 is 0 Å². The number of aliphatic carboxylic acids is 2. The van der Waals surface area contributed by atoms with Crippen LogP contribution in [-0.2, 0) is 38.2 Å². The molecule has 12 nitrogen and oxygen atoms in total. The summed E-state index contributed by atoms with van der Waals surface area (Å²) >= 11 is 0. The summed E-state index contributed by atoms with van der Waals surface area (Å²) in [7, 11) is 1.73. The Morgan fingerprint density at radius 2 is 1.35 bits per heavy atom. The van der Waals surface area contributed by atoms with Crippen LogP contribution in [0.3, 0.4) is 0 Å². The van der Waals surface area contributed by atoms with E-state index in [1.165, 1.54) is 0 Å². The molecule has 2 rings (SSSR count). The van der Waals surface area contributed by atoms with Crippen molar-refractivity contribution in [1.29, 1.82) is 0 Å². The number of hydrogen-bond acceptors (Lipinski definition) is 8. The summed E-state index contributed by atoms with van der Waals surface area (Å²) in [4.78, 5) is 72.0. The summed E-state index contributed by atoms with van der Waals surface area (Å²) in [5, 5.41) is 21.0. The minimum absolute atomic E-state index is 0.00176. The third-order valence-electron chi connectivity index (χ3n) is 9.70. The van der Waals surface area contributed by atoms with E-state index in [9.17, 15) is 33.9 Å². The Balaban J connectivity index is 0.000000460. The van der Waals surface area contributed by atoms with Crippen LogP contribution in [0.4, 0.5) is 0 Å². The van der Waals surface area contributed by atoms with Crippen molar-refractivity contribution in [2.75, 3.05) is 33.4 Å². The predicted octanol–water partition coefficient (Wildman–Crippen LogP) is 4.82. The lowest BCUT2D eigenvalue weighted by atomic mass is 9.79. The van der Waals surface area contributed by atoms with Crippen LogP contribution in [0, 0.1) is 28.1 Å². The molecule has 0 radical (unpaired) electrons. The summed E-state index contributed by atoms with van der Waals surface area (Å²) in [6.45, 7) is 12.1. The highest BCUT2D eigenvalue weighted by atomic mass is 16.6. The van der Waals surface area contributed by atoms with E-state index < -0.39 is 46.0 Å². The number of hydrogen-bond donors (Lipinski definition) is 3. The van der Waals surface area contributed by atoms with Gasteiger partial charge in [-0.25, -0.2) is 0 Å². The number of carboxylic acid groups (broad SMARTS) is 2. The molecular formula is C34H58N2O10. The Morgan fingerprint density at radius 3 is 1.87 bits per heavy atom. The van der Waals surface area contributed by atoms with Gasteiger partial charge in [0.2, 0.25) is 11.8 Å². The molecule has 0 saturated heterocycles. The van der Waals surface area contributed by atoms with E-state index in [4.69, 9.17) is 14.6 Å². The molecule has 12 heteroatoms. The minimum atomic E-state index is -0.887. The summed E-state index contributed by atoms with van der Waals surface area (Å²) < 4.78 is 10.2. The average molecular weight is 655 g/mol. The zero-order chi connectivity index (χ0) is 35.1. The van der Waals surface area contributed by atoms with Crippen LogP contribution in [0.2, 0.25) is 0 Å². The molecular weight excluding hydrogens is 596 g/mol. The highest BCUT2D eigenvalue weighted by Crippen LogP contribution is 2.44. The molecule has 2 aliphatic rings. The highest BCUT2D eigenvalue weighted by molar-refractivity contribution is 5.85. The molecule has 0 aromatic heterocycles. The second-order valence-corrected chi connectivity index (χ2v) is 14.1. The first kappa shape index (κ1) is 40.8. The van der Waals surface area contributed by atoms with Gasteiger partial charge in [-0.3, -0.25) is 28.8 Å². The first-order valence-corrected chi connectivity index (χ1v) is 16.7. The van der Waals surface area contributed by atoms with Crippen LogP contribution >= 0.6 is 0 Å². The quantitative estimate of drug-likeness (QED) is 0.154. The van der Waals surface area contributed by atoms with E-state index in [-0.39, 0.29) is 43.8 Å². The average Bonchev–Trinajstić information content (AvgIpc) is 3.45. The first-order valence-electron chi connectivity index (χ1n) is 16.7. The molecule has 0 spiro atoms. The first-order chi connectivity index (χ1) is 21.4. The van der Waals surface area contributed by atoms with Crippen molar-refractivity contribution < 1.29 is 48.5 Å². The molecule has 0 aromatic carbocycles. The van der Waals surface area contributed by atoms with E-state index in [2.05, 4.69) is 5.32 Å². The summed E-state index contributed by atoms with van der Waals surface area (Å²) in [5.41, 5.74) is -1.42. The maximum Gasteiger partial charge on any atom is 0.311 e. The number of carboxylic acids is 2. The van der Waals surface area contributed by atoms with Gasteiger partial charge >= 0.3 is 23.9 Å². The number of likely N-dealkylation sites (N-methyl/N-ethyl adjacent to an activating group) is 1. The number of carbonyl (C=O) groups is 6. The van der Waals surface area contributed by atoms with Crippen LogP contribution in [0.15, 0.2) is 0 Å². The maximum atomic E-state index is 12.3. The standard InChI is InChI=1S/C17H30N2O4.C17H28O6/c1-5-17(2,3)16(23)19(4)11-10-18-14(20)12-8-6-7-9-13(12)15(21)22;1-4-16(2,3)15(21)23-10-9-22-14(20)12-17(11-13(18)19)7-5-6-8-17/h12-13H,5-11H2,1-4H3,(H,18,20)(H,21,22);4-12H2,1-3H3,(H,18,19). The Labute approximate surface area is 274 Å². The third-order valence-corrected chi connectivity index (χ3v) is 9.70. The molecule has 2 amide bonds. The van der Waals surface area contributed by atoms with Crippen LogP contribution in [0.25, 0.3) is 0 Å². The summed E-state index contributed by atoms with van der Waals surface area (Å²) in [6, 6.07) is 0. The van der Waals surface area contributed by atoms with Gasteiger partial charge in [-0.05, 0) is 57.8 Å². The van der Waals surface area contributed by atoms with Crippen molar-refractivity contribution in [3.63, 3.8) is 0 Å². The highest BCUT2D eigenvalue weighted by Gasteiger charge is 2.39. The monoisotopic (exact) mass is 654 g/mol. The van der Waals surface area contributed by atoms with Gasteiger partial charge in [0.25, 0.3) is 0 Å². The van der Waals surface area contributed by atoms with Gasteiger partial charge < -0.3 is 29.9 Å². The molecule has 0 heterocycles. The molecule has 2 saturated carbocycles. The van der Waals surface area contributed by atoms with E-state index in [0.29, 0.717) is 32.4 Å². The van der Waals surface area contributed by atoms with Gasteiger partial charge in [-0.1, -0.05) is 53.4 Å². The molecule has 0 bridgehead atoms. The topological polar surface area (TPSA) is 177 Å². The number of ether oxygens (including phenoxy) is 2. The van der Waals surface area contributed by atoms with Gasteiger partial charge in [0, 0.05) is 25.6 Å². The summed E-state index contributed by atoms with van der Waals surface area (Å²) in [6.07, 6.45) is 7.88. The van der Waals surface area contributed by atoms with Crippen molar-refractivity contribution in [3.05, 3.63) is 0 Å². The molecule has 2 unspecified atom stereocenters. The second kappa shape index (κ2) is 18.8. The fraction of sp³-hybridized carbons (Fsp3) is 0.824. The molecule has 2 fully saturated rings. The van der Waals surface area contributed by atoms with Gasteiger partial charge in [0.1, 0.15) is 13.2 Å². The minimum Gasteiger partial charge on any atom is -0.481 e. The molecule has 0 aliphatic heterocycles. The lowest BCUT2D eigenvalue weighted by Gasteiger charge is -2.29. The number of rotatable bonds is 16. The number of carbonyl (C=O) groups excluding carboxylic acids is 4. The van der Waals surface area contributed by atoms with Gasteiger partial charge in [-0.15, -0.1) is 0 Å². The predicted molar refractivity (Wildman–Crippen MR) is 172 cm³/mol. The molecule has 264 valence electrons.